The Morgan fingerprint density at radius 2 is 2.09 bits per heavy atom. The summed E-state index contributed by atoms with van der Waals surface area (Å²) < 4.78 is 22.4. The average Bonchev–Trinajstić information content (AvgIpc) is 3.55. The molecule has 1 aromatic carbocycles. The predicted molar refractivity (Wildman–Crippen MR) is 131 cm³/mol. The fraction of sp³-hybridized carbons (Fsp3) is 0.346. The molecule has 0 spiro atoms. The van der Waals surface area contributed by atoms with Gasteiger partial charge in [-0.1, -0.05) is 0 Å². The molecule has 34 heavy (non-hydrogen) atoms. The molecule has 4 N–H and O–H groups in total. The number of aryl methyl sites for hydroxylation is 1. The van der Waals surface area contributed by atoms with Gasteiger partial charge in [-0.15, -0.1) is 0 Å². The van der Waals surface area contributed by atoms with Gasteiger partial charge in [-0.25, -0.2) is 14.1 Å². The Kier molecular flexibility index (Phi) is 5.59. The third-order valence-electron chi connectivity index (χ3n) is 6.41. The molecule has 3 aromatic rings. The maximum Gasteiger partial charge on any atom is 0.166 e. The molecule has 2 bridgehead atoms. The Hall–Kier alpha value is -3.68. The van der Waals surface area contributed by atoms with Crippen molar-refractivity contribution in [2.75, 3.05) is 12.3 Å². The van der Waals surface area contributed by atoms with Gasteiger partial charge in [0.05, 0.1) is 11.4 Å². The van der Waals surface area contributed by atoms with Crippen LogP contribution in [0.15, 0.2) is 42.1 Å². The van der Waals surface area contributed by atoms with E-state index >= 15 is 0 Å². The number of hydrogen-bond donors (Lipinski definition) is 3. The first-order valence-corrected chi connectivity index (χ1v) is 11.6. The van der Waals surface area contributed by atoms with E-state index in [9.17, 15) is 4.39 Å². The summed E-state index contributed by atoms with van der Waals surface area (Å²) >= 11 is 0. The highest BCUT2D eigenvalue weighted by Crippen LogP contribution is 2.35. The number of hydrogen-bond acceptors (Lipinski definition) is 6. The molecule has 3 heterocycles. The minimum Gasteiger partial charge on any atom is -0.482 e. The van der Waals surface area contributed by atoms with E-state index in [1.807, 2.05) is 30.7 Å². The first-order valence-electron chi connectivity index (χ1n) is 11.6. The molecular weight excluding hydrogens is 431 g/mol. The van der Waals surface area contributed by atoms with Crippen molar-refractivity contribution in [3.8, 4) is 11.4 Å². The van der Waals surface area contributed by atoms with Crippen LogP contribution in [0.4, 0.5) is 10.2 Å². The molecule has 0 amide bonds. The van der Waals surface area contributed by atoms with E-state index in [-0.39, 0.29) is 11.6 Å². The van der Waals surface area contributed by atoms with Crippen LogP contribution in [0.25, 0.3) is 11.4 Å². The summed E-state index contributed by atoms with van der Waals surface area (Å²) in [4.78, 5) is 4.39. The minimum atomic E-state index is -0.502. The zero-order chi connectivity index (χ0) is 24.0. The summed E-state index contributed by atoms with van der Waals surface area (Å²) in [6, 6.07) is 8.49. The molecule has 8 heteroatoms. The second kappa shape index (κ2) is 8.59. The zero-order valence-electron chi connectivity index (χ0n) is 19.7. The molecule has 0 radical (unpaired) electrons. The van der Waals surface area contributed by atoms with Crippen molar-refractivity contribution >= 4 is 17.2 Å². The number of aromatic nitrogens is 3. The van der Waals surface area contributed by atoms with E-state index in [1.165, 1.54) is 25.0 Å². The molecule has 1 atom stereocenters. The van der Waals surface area contributed by atoms with Gasteiger partial charge >= 0.3 is 0 Å². The van der Waals surface area contributed by atoms with Gasteiger partial charge in [0.25, 0.3) is 0 Å². The number of ether oxygens (including phenoxy) is 1. The Bertz CT molecular complexity index is 1310. The van der Waals surface area contributed by atoms with Crippen LogP contribution in [0.5, 0.6) is 5.75 Å². The molecule has 1 aliphatic heterocycles. The van der Waals surface area contributed by atoms with Gasteiger partial charge in [-0.2, -0.15) is 5.10 Å². The molecule has 176 valence electrons. The number of fused-ring (bicyclic) bond motifs is 5. The molecule has 2 aliphatic rings. The molecule has 7 nitrogen and oxygen atoms in total. The summed E-state index contributed by atoms with van der Waals surface area (Å²) in [7, 11) is 0. The maximum absolute atomic E-state index is 14.3. The predicted octanol–water partition coefficient (Wildman–Crippen LogP) is 4.74. The zero-order valence-corrected chi connectivity index (χ0v) is 19.7. The van der Waals surface area contributed by atoms with Gasteiger partial charge < -0.3 is 21.2 Å². The number of nitrogens with one attached hydrogen (secondary N) is 2. The molecule has 1 aliphatic carbocycles. The molecular formula is C26H29FN6O. The number of anilines is 1. The van der Waals surface area contributed by atoms with Crippen LogP contribution in [-0.4, -0.2) is 27.0 Å². The van der Waals surface area contributed by atoms with Crippen molar-refractivity contribution in [2.24, 2.45) is 5.92 Å². The lowest BCUT2D eigenvalue weighted by Gasteiger charge is -2.23. The van der Waals surface area contributed by atoms with Crippen molar-refractivity contribution in [1.82, 2.24) is 20.1 Å². The fourth-order valence-electron chi connectivity index (χ4n) is 4.41. The number of benzene rings is 1. The molecule has 1 unspecified atom stereocenters. The minimum absolute atomic E-state index is 0.260. The quantitative estimate of drug-likeness (QED) is 0.488. The molecule has 1 saturated carbocycles. The maximum atomic E-state index is 14.3. The molecule has 5 rings (SSSR count). The number of rotatable bonds is 4. The van der Waals surface area contributed by atoms with Crippen molar-refractivity contribution < 1.29 is 9.13 Å². The largest absolute Gasteiger partial charge is 0.482 e. The molecule has 2 aromatic heterocycles. The number of nitrogens with zero attached hydrogens (tertiary/aromatic N) is 3. The number of nitrogen functional groups attached to an aromatic ring is 1. The van der Waals surface area contributed by atoms with Gasteiger partial charge in [0.1, 0.15) is 11.9 Å². The van der Waals surface area contributed by atoms with Crippen LogP contribution in [0.1, 0.15) is 55.3 Å². The SMILES string of the molecule is CC(=N)/C1=C(\NCC2CC2)c2cnc(N)c(c2)OC(C)c2cc(F)ccc2-n2nc(C)cc2C1. The smallest absolute Gasteiger partial charge is 0.166 e. The lowest BCUT2D eigenvalue weighted by molar-refractivity contribution is 0.226. The van der Waals surface area contributed by atoms with Gasteiger partial charge in [0.15, 0.2) is 11.6 Å². The first-order chi connectivity index (χ1) is 16.3. The third-order valence-corrected chi connectivity index (χ3v) is 6.41. The van der Waals surface area contributed by atoms with Crippen molar-refractivity contribution in [2.45, 2.75) is 46.1 Å². The Morgan fingerprint density at radius 1 is 1.29 bits per heavy atom. The van der Waals surface area contributed by atoms with E-state index in [2.05, 4.69) is 10.3 Å². The lowest BCUT2D eigenvalue weighted by Crippen LogP contribution is -2.22. The Balaban J connectivity index is 1.76. The van der Waals surface area contributed by atoms with Crippen LogP contribution in [0, 0.1) is 24.1 Å². The topological polar surface area (TPSA) is 102 Å². The van der Waals surface area contributed by atoms with E-state index in [0.717, 1.165) is 40.5 Å². The second-order valence-electron chi connectivity index (χ2n) is 9.24. The van der Waals surface area contributed by atoms with E-state index < -0.39 is 6.10 Å². The molecule has 0 saturated heterocycles. The van der Waals surface area contributed by atoms with Crippen LogP contribution in [-0.2, 0) is 6.42 Å². The summed E-state index contributed by atoms with van der Waals surface area (Å²) in [5.41, 5.74) is 12.3. The second-order valence-corrected chi connectivity index (χ2v) is 9.24. The Labute approximate surface area is 198 Å². The number of pyridine rings is 1. The normalized spacial score (nSPS) is 19.8. The monoisotopic (exact) mass is 460 g/mol. The van der Waals surface area contributed by atoms with Gasteiger partial charge in [-0.05, 0) is 69.9 Å². The van der Waals surface area contributed by atoms with Gasteiger partial charge in [-0.3, -0.25) is 0 Å². The van der Waals surface area contributed by atoms with Crippen molar-refractivity contribution in [1.29, 1.82) is 5.41 Å². The van der Waals surface area contributed by atoms with Crippen molar-refractivity contribution in [3.63, 3.8) is 0 Å². The lowest BCUT2D eigenvalue weighted by atomic mass is 9.98. The third kappa shape index (κ3) is 4.27. The van der Waals surface area contributed by atoms with Gasteiger partial charge in [0, 0.05) is 53.0 Å². The number of nitrogens with two attached hydrogens (primary N) is 1. The van der Waals surface area contributed by atoms with Crippen LogP contribution < -0.4 is 15.8 Å². The van der Waals surface area contributed by atoms with Crippen molar-refractivity contribution in [3.05, 3.63) is 70.4 Å². The standard InChI is InChI=1S/C26H29FN6O/c1-14-8-20-11-21(15(2)28)25(30-12-17-4-5-17)18-9-24(26(29)31-13-18)34-16(3)22-10-19(27)6-7-23(22)33(20)32-14/h6-10,13,16-17,28,30H,4-5,11-12H2,1-3H3,(H2,29,31)/b25-21-,28-15?. The number of halogens is 1. The van der Waals surface area contributed by atoms with Crippen LogP contribution in [0.3, 0.4) is 0 Å². The summed E-state index contributed by atoms with van der Waals surface area (Å²) in [5.74, 6) is 0.975. The van der Waals surface area contributed by atoms with E-state index in [1.54, 1.807) is 19.2 Å². The molecule has 1 fully saturated rings. The summed E-state index contributed by atoms with van der Waals surface area (Å²) in [5, 5.41) is 16.9. The van der Waals surface area contributed by atoms with E-state index in [4.69, 9.17) is 21.0 Å². The highest BCUT2D eigenvalue weighted by atomic mass is 19.1. The average molecular weight is 461 g/mol. The van der Waals surface area contributed by atoms with Crippen LogP contribution >= 0.6 is 0 Å². The number of allylic oxidation sites excluding steroid dienone is 1. The Morgan fingerprint density at radius 3 is 2.82 bits per heavy atom. The highest BCUT2D eigenvalue weighted by molar-refractivity contribution is 6.03. The summed E-state index contributed by atoms with van der Waals surface area (Å²) in [6.07, 6.45) is 4.12. The van der Waals surface area contributed by atoms with Crippen LogP contribution in [0.2, 0.25) is 0 Å². The highest BCUT2D eigenvalue weighted by Gasteiger charge is 2.25. The summed E-state index contributed by atoms with van der Waals surface area (Å²) in [6.45, 7) is 6.42. The van der Waals surface area contributed by atoms with E-state index in [0.29, 0.717) is 29.4 Å². The fourth-order valence-corrected chi connectivity index (χ4v) is 4.41. The van der Waals surface area contributed by atoms with Gasteiger partial charge in [0.2, 0.25) is 0 Å². The first kappa shape index (κ1) is 22.1.